The summed E-state index contributed by atoms with van der Waals surface area (Å²) >= 11 is 1.12. The van der Waals surface area contributed by atoms with Crippen LogP contribution in [0.5, 0.6) is 0 Å². The fourth-order valence-electron chi connectivity index (χ4n) is 1.92. The summed E-state index contributed by atoms with van der Waals surface area (Å²) in [4.78, 5) is -0.0444. The van der Waals surface area contributed by atoms with Crippen LogP contribution in [0.2, 0.25) is 0 Å². The molecule has 0 bridgehead atoms. The lowest BCUT2D eigenvalue weighted by molar-refractivity contribution is 0.598. The van der Waals surface area contributed by atoms with Crippen LogP contribution in [0.25, 0.3) is 0 Å². The van der Waals surface area contributed by atoms with Crippen molar-refractivity contribution in [3.8, 4) is 0 Å². The number of nitrogens with zero attached hydrogens (tertiary/aromatic N) is 1. The van der Waals surface area contributed by atoms with E-state index in [1.54, 1.807) is 12.3 Å². The fourth-order valence-corrected chi connectivity index (χ4v) is 4.93. The monoisotopic (exact) mass is 346 g/mol. The summed E-state index contributed by atoms with van der Waals surface area (Å²) in [7, 11) is -7.40. The number of nitrogens with one attached hydrogen (secondary N) is 1. The molecule has 0 fully saturated rings. The van der Waals surface area contributed by atoms with E-state index in [-0.39, 0.29) is 21.2 Å². The van der Waals surface area contributed by atoms with Crippen LogP contribution in [0.4, 0.5) is 5.82 Å². The summed E-state index contributed by atoms with van der Waals surface area (Å²) in [5, 5.41) is 1.64. The van der Waals surface area contributed by atoms with Crippen LogP contribution >= 0.6 is 11.5 Å². The first-order valence-corrected chi connectivity index (χ1v) is 10.1. The minimum absolute atomic E-state index is 0.0150. The normalized spacial score (nSPS) is 12.3. The van der Waals surface area contributed by atoms with Gasteiger partial charge in [-0.25, -0.2) is 16.8 Å². The highest BCUT2D eigenvalue weighted by molar-refractivity contribution is 7.93. The molecule has 9 heteroatoms. The van der Waals surface area contributed by atoms with E-state index in [4.69, 9.17) is 0 Å². The van der Waals surface area contributed by atoms with Crippen molar-refractivity contribution in [2.75, 3.05) is 11.0 Å². The van der Waals surface area contributed by atoms with E-state index in [2.05, 4.69) is 9.10 Å². The number of rotatable bonds is 4. The first-order valence-electron chi connectivity index (χ1n) is 5.86. The van der Waals surface area contributed by atoms with Gasteiger partial charge in [0, 0.05) is 11.6 Å². The van der Waals surface area contributed by atoms with Crippen LogP contribution < -0.4 is 4.72 Å². The number of hydrogen-bond donors (Lipinski definition) is 1. The summed E-state index contributed by atoms with van der Waals surface area (Å²) in [6, 6.07) is 4.44. The van der Waals surface area contributed by atoms with Gasteiger partial charge in [0.2, 0.25) is 0 Å². The number of anilines is 1. The Labute approximate surface area is 128 Å². The largest absolute Gasteiger partial charge is 0.263 e. The Bertz CT molecular complexity index is 869. The number of sulfonamides is 1. The topological polar surface area (TPSA) is 93.2 Å². The molecule has 0 radical (unpaired) electrons. The van der Waals surface area contributed by atoms with Crippen molar-refractivity contribution in [2.45, 2.75) is 23.6 Å². The summed E-state index contributed by atoms with van der Waals surface area (Å²) in [6.07, 6.45) is 1.05. The van der Waals surface area contributed by atoms with Crippen LogP contribution in [-0.4, -0.2) is 27.5 Å². The van der Waals surface area contributed by atoms with E-state index in [0.717, 1.165) is 17.8 Å². The molecular formula is C12H14N2O4S3. The lowest BCUT2D eigenvalue weighted by Gasteiger charge is -2.13. The number of hydrogen-bond acceptors (Lipinski definition) is 6. The minimum Gasteiger partial charge on any atom is -0.262 e. The minimum atomic E-state index is -3.89. The van der Waals surface area contributed by atoms with Crippen molar-refractivity contribution in [1.82, 2.24) is 4.37 Å². The average Bonchev–Trinajstić information content (AvgIpc) is 2.82. The second kappa shape index (κ2) is 5.39. The molecule has 2 aromatic rings. The Morgan fingerprint density at radius 3 is 2.24 bits per heavy atom. The maximum Gasteiger partial charge on any atom is 0.263 e. The number of sulfone groups is 1. The van der Waals surface area contributed by atoms with Gasteiger partial charge in [0.1, 0.15) is 0 Å². The molecule has 0 spiro atoms. The highest BCUT2D eigenvalue weighted by Gasteiger charge is 2.23. The first kappa shape index (κ1) is 15.9. The molecule has 1 N–H and O–H groups in total. The highest BCUT2D eigenvalue weighted by Crippen LogP contribution is 2.26. The van der Waals surface area contributed by atoms with E-state index in [1.807, 2.05) is 0 Å². The van der Waals surface area contributed by atoms with Gasteiger partial charge in [-0.1, -0.05) is 0 Å². The molecule has 0 saturated carbocycles. The molecule has 0 aliphatic carbocycles. The van der Waals surface area contributed by atoms with Gasteiger partial charge in [0.25, 0.3) is 10.0 Å². The molecule has 1 aromatic carbocycles. The van der Waals surface area contributed by atoms with Gasteiger partial charge >= 0.3 is 0 Å². The van der Waals surface area contributed by atoms with Crippen molar-refractivity contribution < 1.29 is 16.8 Å². The molecule has 1 heterocycles. The van der Waals surface area contributed by atoms with E-state index < -0.39 is 19.9 Å². The lowest BCUT2D eigenvalue weighted by Crippen LogP contribution is -2.16. The van der Waals surface area contributed by atoms with E-state index in [0.29, 0.717) is 5.56 Å². The van der Waals surface area contributed by atoms with Crippen LogP contribution in [0.1, 0.15) is 11.1 Å². The number of aromatic nitrogens is 1. The average molecular weight is 346 g/mol. The maximum absolute atomic E-state index is 12.4. The predicted octanol–water partition coefficient (Wildman–Crippen LogP) is 1.96. The van der Waals surface area contributed by atoms with E-state index in [9.17, 15) is 16.8 Å². The molecule has 0 aliphatic heterocycles. The van der Waals surface area contributed by atoms with Crippen LogP contribution in [0.15, 0.2) is 33.4 Å². The molecule has 1 aromatic heterocycles. The molecule has 0 amide bonds. The summed E-state index contributed by atoms with van der Waals surface area (Å²) in [5.74, 6) is 0.210. The quantitative estimate of drug-likeness (QED) is 0.913. The Morgan fingerprint density at radius 2 is 1.71 bits per heavy atom. The molecule has 6 nitrogen and oxygen atoms in total. The van der Waals surface area contributed by atoms with Gasteiger partial charge in [-0.2, -0.15) is 4.37 Å². The Hall–Kier alpha value is -1.45. The molecule has 0 atom stereocenters. The van der Waals surface area contributed by atoms with E-state index in [1.165, 1.54) is 25.1 Å². The molecule has 0 aliphatic rings. The summed E-state index contributed by atoms with van der Waals surface area (Å²) in [6.45, 7) is 3.13. The third-order valence-electron chi connectivity index (χ3n) is 2.82. The van der Waals surface area contributed by atoms with Crippen LogP contribution in [-0.2, 0) is 19.9 Å². The second-order valence-electron chi connectivity index (χ2n) is 4.65. The molecule has 0 unspecified atom stereocenters. The van der Waals surface area contributed by atoms with Crippen LogP contribution in [0.3, 0.4) is 0 Å². The Morgan fingerprint density at radius 1 is 1.10 bits per heavy atom. The zero-order chi connectivity index (χ0) is 15.8. The zero-order valence-electron chi connectivity index (χ0n) is 11.6. The van der Waals surface area contributed by atoms with Gasteiger partial charge in [0.15, 0.2) is 15.7 Å². The van der Waals surface area contributed by atoms with Gasteiger partial charge in [-0.05, 0) is 54.7 Å². The van der Waals surface area contributed by atoms with Gasteiger partial charge in [0.05, 0.1) is 9.79 Å². The number of aryl methyl sites for hydroxylation is 1. The molecule has 114 valence electrons. The van der Waals surface area contributed by atoms with Crippen molar-refractivity contribution in [3.63, 3.8) is 0 Å². The van der Waals surface area contributed by atoms with Gasteiger partial charge in [-0.3, -0.25) is 4.72 Å². The van der Waals surface area contributed by atoms with Gasteiger partial charge in [-0.15, -0.1) is 0 Å². The Balaban J connectivity index is 2.61. The lowest BCUT2D eigenvalue weighted by atomic mass is 10.2. The predicted molar refractivity (Wildman–Crippen MR) is 81.9 cm³/mol. The number of benzene rings is 1. The van der Waals surface area contributed by atoms with Gasteiger partial charge < -0.3 is 0 Å². The van der Waals surface area contributed by atoms with Crippen LogP contribution in [0, 0.1) is 13.8 Å². The maximum atomic E-state index is 12.4. The Kier molecular flexibility index (Phi) is 4.09. The third kappa shape index (κ3) is 3.42. The van der Waals surface area contributed by atoms with E-state index >= 15 is 0 Å². The summed E-state index contributed by atoms with van der Waals surface area (Å²) in [5.41, 5.74) is 0.755. The first-order chi connectivity index (χ1) is 9.61. The third-order valence-corrected chi connectivity index (χ3v) is 6.09. The second-order valence-corrected chi connectivity index (χ2v) is 8.95. The molecule has 21 heavy (non-hydrogen) atoms. The molecule has 2 rings (SSSR count). The SMILES string of the molecule is Cc1cc(S(C)(=O)=O)c(C)c(S(=O)(=O)Nc2ccsn2)c1. The van der Waals surface area contributed by atoms with Crippen molar-refractivity contribution in [3.05, 3.63) is 34.7 Å². The molecule has 0 saturated heterocycles. The fraction of sp³-hybridized carbons (Fsp3) is 0.250. The van der Waals surface area contributed by atoms with Crippen molar-refractivity contribution in [1.29, 1.82) is 0 Å². The van der Waals surface area contributed by atoms with Crippen molar-refractivity contribution >= 4 is 37.2 Å². The zero-order valence-corrected chi connectivity index (χ0v) is 14.1. The summed E-state index contributed by atoms with van der Waals surface area (Å²) < 4.78 is 54.6. The van der Waals surface area contributed by atoms with Crippen molar-refractivity contribution in [2.24, 2.45) is 0 Å². The smallest absolute Gasteiger partial charge is 0.262 e. The highest BCUT2D eigenvalue weighted by atomic mass is 32.2. The molecular weight excluding hydrogens is 332 g/mol. The standard InChI is InChI=1S/C12H14N2O4S3/c1-8-6-10(20(3,15)16)9(2)11(7-8)21(17,18)14-12-4-5-19-13-12/h4-7H,1-3H3,(H,13,14).